The van der Waals surface area contributed by atoms with Crippen LogP contribution < -0.4 is 0 Å². The molecule has 0 aliphatic heterocycles. The fraction of sp³-hybridized carbons (Fsp3) is 0.130. The van der Waals surface area contributed by atoms with Gasteiger partial charge in [0.15, 0.2) is 9.84 Å². The van der Waals surface area contributed by atoms with Crippen molar-refractivity contribution in [1.29, 1.82) is 0 Å². The highest BCUT2D eigenvalue weighted by atomic mass is 35.5. The maximum absolute atomic E-state index is 11.8. The molecular weight excluding hydrogens is 390 g/mol. The van der Waals surface area contributed by atoms with Crippen LogP contribution in [-0.2, 0) is 16.4 Å². The van der Waals surface area contributed by atoms with E-state index in [0.717, 1.165) is 27.7 Å². The van der Waals surface area contributed by atoms with Crippen LogP contribution in [0, 0.1) is 6.92 Å². The summed E-state index contributed by atoms with van der Waals surface area (Å²) in [5, 5.41) is 1.88. The third-order valence-electron chi connectivity index (χ3n) is 4.89. The molecule has 5 heteroatoms. The molecule has 0 N–H and O–H groups in total. The minimum atomic E-state index is -3.21. The molecule has 0 saturated carbocycles. The molecule has 0 saturated heterocycles. The zero-order chi connectivity index (χ0) is 19.9. The van der Waals surface area contributed by atoms with E-state index in [1.165, 1.54) is 11.8 Å². The molecule has 1 heterocycles. The zero-order valence-corrected chi connectivity index (χ0v) is 17.3. The molecular formula is C23H20ClNO2S. The molecule has 0 spiro atoms. The van der Waals surface area contributed by atoms with E-state index in [1.54, 1.807) is 12.1 Å². The largest absolute Gasteiger partial charge is 0.336 e. The second-order valence-corrected chi connectivity index (χ2v) is 9.55. The molecule has 142 valence electrons. The van der Waals surface area contributed by atoms with Gasteiger partial charge in [0.25, 0.3) is 0 Å². The van der Waals surface area contributed by atoms with Gasteiger partial charge in [-0.1, -0.05) is 47.5 Å². The van der Waals surface area contributed by atoms with Crippen LogP contribution in [0.5, 0.6) is 0 Å². The van der Waals surface area contributed by atoms with Gasteiger partial charge in [-0.2, -0.15) is 0 Å². The van der Waals surface area contributed by atoms with Gasteiger partial charge in [-0.25, -0.2) is 8.42 Å². The highest BCUT2D eigenvalue weighted by Crippen LogP contribution is 2.30. The number of halogens is 1. The molecule has 0 fully saturated rings. The Kier molecular flexibility index (Phi) is 4.77. The van der Waals surface area contributed by atoms with Crippen molar-refractivity contribution in [3.05, 3.63) is 88.9 Å². The van der Waals surface area contributed by atoms with Crippen molar-refractivity contribution in [2.75, 3.05) is 6.26 Å². The molecule has 0 unspecified atom stereocenters. The number of aryl methyl sites for hydroxylation is 1. The van der Waals surface area contributed by atoms with Crippen LogP contribution >= 0.6 is 11.6 Å². The minimum Gasteiger partial charge on any atom is -0.336 e. The highest BCUT2D eigenvalue weighted by molar-refractivity contribution is 7.90. The number of fused-ring (bicyclic) bond motifs is 1. The smallest absolute Gasteiger partial charge is 0.175 e. The summed E-state index contributed by atoms with van der Waals surface area (Å²) in [6.45, 7) is 2.78. The van der Waals surface area contributed by atoms with Gasteiger partial charge < -0.3 is 4.57 Å². The average Bonchev–Trinajstić information content (AvgIpc) is 3.00. The molecule has 0 atom stereocenters. The van der Waals surface area contributed by atoms with E-state index >= 15 is 0 Å². The van der Waals surface area contributed by atoms with E-state index in [-0.39, 0.29) is 0 Å². The van der Waals surface area contributed by atoms with E-state index in [9.17, 15) is 8.42 Å². The third-order valence-corrected chi connectivity index (χ3v) is 6.27. The predicted octanol–water partition coefficient (Wildman–Crippen LogP) is 5.72. The van der Waals surface area contributed by atoms with E-state index in [4.69, 9.17) is 11.6 Å². The van der Waals surface area contributed by atoms with Crippen molar-refractivity contribution in [3.8, 4) is 11.3 Å². The number of benzene rings is 3. The van der Waals surface area contributed by atoms with Crippen LogP contribution in [0.1, 0.15) is 11.1 Å². The van der Waals surface area contributed by atoms with Crippen molar-refractivity contribution >= 4 is 32.3 Å². The number of hydrogen-bond donors (Lipinski definition) is 0. The molecule has 3 nitrogen and oxygen atoms in total. The lowest BCUT2D eigenvalue weighted by molar-refractivity contribution is 0.602. The lowest BCUT2D eigenvalue weighted by atomic mass is 10.1. The Balaban J connectivity index is 1.86. The summed E-state index contributed by atoms with van der Waals surface area (Å²) in [4.78, 5) is 0.326. The first-order chi connectivity index (χ1) is 13.3. The van der Waals surface area contributed by atoms with Crippen molar-refractivity contribution in [3.63, 3.8) is 0 Å². The molecule has 4 aromatic rings. The predicted molar refractivity (Wildman–Crippen MR) is 116 cm³/mol. The van der Waals surface area contributed by atoms with Gasteiger partial charge in [-0.3, -0.25) is 0 Å². The fourth-order valence-electron chi connectivity index (χ4n) is 3.45. The Labute approximate surface area is 170 Å². The van der Waals surface area contributed by atoms with E-state index in [1.807, 2.05) is 36.4 Å². The highest BCUT2D eigenvalue weighted by Gasteiger charge is 2.13. The summed E-state index contributed by atoms with van der Waals surface area (Å²) in [5.74, 6) is 0. The maximum Gasteiger partial charge on any atom is 0.175 e. The number of aromatic nitrogens is 1. The van der Waals surface area contributed by atoms with Crippen molar-refractivity contribution < 1.29 is 8.42 Å². The number of hydrogen-bond acceptors (Lipinski definition) is 2. The summed E-state index contributed by atoms with van der Waals surface area (Å²) in [7, 11) is -3.21. The molecule has 3 aromatic carbocycles. The molecule has 1 aromatic heterocycles. The van der Waals surface area contributed by atoms with Gasteiger partial charge in [-0.15, -0.1) is 0 Å². The Morgan fingerprint density at radius 2 is 1.57 bits per heavy atom. The summed E-state index contributed by atoms with van der Waals surface area (Å²) in [6, 6.07) is 23.5. The molecule has 0 bridgehead atoms. The van der Waals surface area contributed by atoms with Crippen molar-refractivity contribution in [2.45, 2.75) is 18.4 Å². The van der Waals surface area contributed by atoms with Crippen LogP contribution in [0.25, 0.3) is 22.2 Å². The van der Waals surface area contributed by atoms with Gasteiger partial charge in [0.2, 0.25) is 0 Å². The van der Waals surface area contributed by atoms with Gasteiger partial charge in [-0.05, 0) is 60.5 Å². The lowest BCUT2D eigenvalue weighted by Crippen LogP contribution is -2.02. The summed E-state index contributed by atoms with van der Waals surface area (Å²) in [6.07, 6.45) is 1.22. The lowest BCUT2D eigenvalue weighted by Gasteiger charge is -2.12. The van der Waals surface area contributed by atoms with Gasteiger partial charge in [0.1, 0.15) is 0 Å². The Hall–Kier alpha value is -2.56. The van der Waals surface area contributed by atoms with E-state index in [0.29, 0.717) is 16.5 Å². The second kappa shape index (κ2) is 7.12. The molecule has 0 aliphatic carbocycles. The van der Waals surface area contributed by atoms with E-state index < -0.39 is 9.84 Å². The third kappa shape index (κ3) is 3.71. The van der Waals surface area contributed by atoms with Crippen LogP contribution in [0.3, 0.4) is 0 Å². The SMILES string of the molecule is Cc1ccc2c(c1)cc(-c1ccc(S(C)(=O)=O)cc1)n2Cc1ccc(Cl)cc1. The van der Waals surface area contributed by atoms with Gasteiger partial charge in [0, 0.05) is 34.4 Å². The van der Waals surface area contributed by atoms with Crippen molar-refractivity contribution in [2.24, 2.45) is 0 Å². The Bertz CT molecular complexity index is 1250. The van der Waals surface area contributed by atoms with Gasteiger partial charge >= 0.3 is 0 Å². The Morgan fingerprint density at radius 1 is 0.893 bits per heavy atom. The summed E-state index contributed by atoms with van der Waals surface area (Å²) >= 11 is 6.03. The van der Waals surface area contributed by atoms with Crippen LogP contribution in [0.15, 0.2) is 77.7 Å². The van der Waals surface area contributed by atoms with E-state index in [2.05, 4.69) is 35.8 Å². The first-order valence-electron chi connectivity index (χ1n) is 8.96. The zero-order valence-electron chi connectivity index (χ0n) is 15.7. The fourth-order valence-corrected chi connectivity index (χ4v) is 4.20. The van der Waals surface area contributed by atoms with Crippen LogP contribution in [-0.4, -0.2) is 19.2 Å². The molecule has 4 rings (SSSR count). The van der Waals surface area contributed by atoms with Crippen LogP contribution in [0.4, 0.5) is 0 Å². The topological polar surface area (TPSA) is 39.1 Å². The molecule has 0 radical (unpaired) electrons. The van der Waals surface area contributed by atoms with Gasteiger partial charge in [0.05, 0.1) is 4.90 Å². The first kappa shape index (κ1) is 18.8. The van der Waals surface area contributed by atoms with Crippen molar-refractivity contribution in [1.82, 2.24) is 4.57 Å². The maximum atomic E-state index is 11.8. The first-order valence-corrected chi connectivity index (χ1v) is 11.2. The standard InChI is InChI=1S/C23H20ClNO2S/c1-16-3-12-22-19(13-16)14-23(18-6-10-21(11-7-18)28(2,26)27)25(22)15-17-4-8-20(24)9-5-17/h3-14H,15H2,1-2H3. The summed E-state index contributed by atoms with van der Waals surface area (Å²) < 4.78 is 25.8. The van der Waals surface area contributed by atoms with Crippen LogP contribution in [0.2, 0.25) is 5.02 Å². The number of rotatable bonds is 4. The summed E-state index contributed by atoms with van der Waals surface area (Å²) in [5.41, 5.74) is 5.53. The normalized spacial score (nSPS) is 11.8. The quantitative estimate of drug-likeness (QED) is 0.432. The number of nitrogens with zero attached hydrogens (tertiary/aromatic N) is 1. The minimum absolute atomic E-state index is 0.326. The second-order valence-electron chi connectivity index (χ2n) is 7.10. The molecule has 0 aliphatic rings. The average molecular weight is 410 g/mol. The number of sulfone groups is 1. The molecule has 28 heavy (non-hydrogen) atoms. The monoisotopic (exact) mass is 409 g/mol. The molecule has 0 amide bonds. The Morgan fingerprint density at radius 3 is 2.21 bits per heavy atom.